The molecule has 0 unspecified atom stereocenters. The van der Waals surface area contributed by atoms with E-state index in [0.29, 0.717) is 44.7 Å². The lowest BCUT2D eigenvalue weighted by molar-refractivity contribution is -0.140. The molecule has 2 heterocycles. The van der Waals surface area contributed by atoms with E-state index in [1.54, 1.807) is 16.8 Å². The molecular weight excluding hydrogens is 524 g/mol. The Morgan fingerprint density at radius 2 is 1.48 bits per heavy atom. The van der Waals surface area contributed by atoms with Crippen molar-refractivity contribution in [2.45, 2.75) is 57.5 Å². The Bertz CT molecular complexity index is 1350. The van der Waals surface area contributed by atoms with Gasteiger partial charge in [0.05, 0.1) is 6.67 Å². The van der Waals surface area contributed by atoms with Gasteiger partial charge in [-0.1, -0.05) is 80.4 Å². The third kappa shape index (κ3) is 6.35. The van der Waals surface area contributed by atoms with Crippen LogP contribution in [0.1, 0.15) is 60.5 Å². The fourth-order valence-corrected chi connectivity index (χ4v) is 6.21. The van der Waals surface area contributed by atoms with E-state index in [1.165, 1.54) is 18.4 Å². The summed E-state index contributed by atoms with van der Waals surface area (Å²) in [5.74, 6) is -0.115. The first-order valence-electron chi connectivity index (χ1n) is 15.2. The molecule has 0 atom stereocenters. The zero-order chi connectivity index (χ0) is 29.5. The summed E-state index contributed by atoms with van der Waals surface area (Å²) in [7, 11) is 1.78. The Kier molecular flexibility index (Phi) is 9.25. The van der Waals surface area contributed by atoms with Crippen molar-refractivity contribution < 1.29 is 14.4 Å². The molecule has 0 radical (unpaired) electrons. The van der Waals surface area contributed by atoms with Crippen LogP contribution in [0.5, 0.6) is 0 Å². The molecule has 1 spiro atoms. The van der Waals surface area contributed by atoms with Gasteiger partial charge in [-0.2, -0.15) is 0 Å². The van der Waals surface area contributed by atoms with E-state index < -0.39 is 5.54 Å². The fourth-order valence-electron chi connectivity index (χ4n) is 6.21. The second-order valence-corrected chi connectivity index (χ2v) is 11.6. The van der Waals surface area contributed by atoms with Gasteiger partial charge < -0.3 is 19.6 Å². The number of piperidine rings is 1. The molecule has 2 aliphatic rings. The van der Waals surface area contributed by atoms with Crippen LogP contribution in [0.4, 0.5) is 5.69 Å². The third-order valence-electron chi connectivity index (χ3n) is 8.74. The van der Waals surface area contributed by atoms with Crippen LogP contribution in [0.2, 0.25) is 0 Å². The van der Waals surface area contributed by atoms with Crippen LogP contribution >= 0.6 is 0 Å². The number of hydrogen-bond acceptors (Lipinski definition) is 4. The van der Waals surface area contributed by atoms with Crippen molar-refractivity contribution in [3.05, 3.63) is 102 Å². The molecule has 2 aliphatic heterocycles. The molecule has 0 saturated carbocycles. The Labute approximate surface area is 249 Å². The van der Waals surface area contributed by atoms with Crippen LogP contribution in [-0.2, 0) is 22.6 Å². The summed E-state index contributed by atoms with van der Waals surface area (Å²) < 4.78 is 0. The van der Waals surface area contributed by atoms with Crippen molar-refractivity contribution in [3.8, 4) is 0 Å². The quantitative estimate of drug-likeness (QED) is 0.310. The van der Waals surface area contributed by atoms with E-state index in [1.807, 2.05) is 77.7 Å². The lowest BCUT2D eigenvalue weighted by Crippen LogP contribution is -2.57. The Balaban J connectivity index is 1.27. The second-order valence-electron chi connectivity index (χ2n) is 11.6. The topological polar surface area (TPSA) is 64.2 Å². The number of carbonyl (C=O) groups excluding carboxylic acids is 3. The lowest BCUT2D eigenvalue weighted by atomic mass is 9.85. The number of likely N-dealkylation sites (N-methyl/N-ethyl adjacent to an activating group) is 1. The van der Waals surface area contributed by atoms with E-state index in [9.17, 15) is 14.4 Å². The summed E-state index contributed by atoms with van der Waals surface area (Å²) in [6.07, 6.45) is 5.64. The number of aryl methyl sites for hydroxylation is 1. The summed E-state index contributed by atoms with van der Waals surface area (Å²) in [5.41, 5.74) is 3.18. The van der Waals surface area contributed by atoms with Crippen LogP contribution in [-0.4, -0.2) is 71.3 Å². The van der Waals surface area contributed by atoms with Crippen LogP contribution in [0, 0.1) is 0 Å². The van der Waals surface area contributed by atoms with Crippen LogP contribution in [0.25, 0.3) is 0 Å². The van der Waals surface area contributed by atoms with Crippen LogP contribution in [0.15, 0.2) is 84.9 Å². The van der Waals surface area contributed by atoms with E-state index >= 15 is 0 Å². The largest absolute Gasteiger partial charge is 0.340 e. The molecule has 0 bridgehead atoms. The van der Waals surface area contributed by atoms with Crippen molar-refractivity contribution in [1.29, 1.82) is 0 Å². The molecule has 0 aromatic heterocycles. The molecule has 220 valence electrons. The van der Waals surface area contributed by atoms with Crippen molar-refractivity contribution in [2.24, 2.45) is 0 Å². The minimum Gasteiger partial charge on any atom is -0.340 e. The summed E-state index contributed by atoms with van der Waals surface area (Å²) in [6, 6.07) is 27.8. The molecule has 2 saturated heterocycles. The molecule has 3 aromatic carbocycles. The smallest absolute Gasteiger partial charge is 0.253 e. The van der Waals surface area contributed by atoms with E-state index in [0.717, 1.165) is 24.1 Å². The molecule has 3 aromatic rings. The van der Waals surface area contributed by atoms with Gasteiger partial charge in [0.25, 0.3) is 11.8 Å². The van der Waals surface area contributed by atoms with Gasteiger partial charge in [0.2, 0.25) is 5.91 Å². The molecule has 7 nitrogen and oxygen atoms in total. The number of benzene rings is 3. The van der Waals surface area contributed by atoms with Gasteiger partial charge in [-0.25, -0.2) is 0 Å². The predicted molar refractivity (Wildman–Crippen MR) is 166 cm³/mol. The maximum absolute atomic E-state index is 14.1. The first-order valence-corrected chi connectivity index (χ1v) is 15.2. The first-order chi connectivity index (χ1) is 20.4. The van der Waals surface area contributed by atoms with Gasteiger partial charge >= 0.3 is 0 Å². The van der Waals surface area contributed by atoms with E-state index in [-0.39, 0.29) is 24.3 Å². The monoisotopic (exact) mass is 566 g/mol. The Hall–Kier alpha value is -4.13. The summed E-state index contributed by atoms with van der Waals surface area (Å²) >= 11 is 0. The van der Waals surface area contributed by atoms with Gasteiger partial charge in [0, 0.05) is 37.9 Å². The molecular formula is C35H42N4O3. The zero-order valence-electron chi connectivity index (χ0n) is 24.9. The number of rotatable bonds is 10. The molecule has 2 fully saturated rings. The van der Waals surface area contributed by atoms with Gasteiger partial charge in [-0.3, -0.25) is 14.4 Å². The summed E-state index contributed by atoms with van der Waals surface area (Å²) in [5, 5.41) is 0. The Morgan fingerprint density at radius 3 is 2.12 bits per heavy atom. The van der Waals surface area contributed by atoms with Crippen LogP contribution in [0.3, 0.4) is 0 Å². The van der Waals surface area contributed by atoms with Crippen molar-refractivity contribution in [1.82, 2.24) is 14.7 Å². The van der Waals surface area contributed by atoms with Crippen molar-refractivity contribution in [2.75, 3.05) is 38.3 Å². The molecule has 3 amide bonds. The minimum atomic E-state index is -0.778. The SMILES string of the molecule is CCCCCc1ccc(C(=O)N2CCC3(CC2)C(=O)N(CC(=O)N(C)Cc2ccccc2)CN3c2ccccc2)cc1. The van der Waals surface area contributed by atoms with Crippen LogP contribution < -0.4 is 4.90 Å². The van der Waals surface area contributed by atoms with Gasteiger partial charge in [0.15, 0.2) is 0 Å². The van der Waals surface area contributed by atoms with E-state index in [4.69, 9.17) is 0 Å². The highest BCUT2D eigenvalue weighted by molar-refractivity contribution is 5.97. The number of nitrogens with zero attached hydrogens (tertiary/aromatic N) is 4. The fraction of sp³-hybridized carbons (Fsp3) is 0.400. The normalized spacial score (nSPS) is 16.2. The van der Waals surface area contributed by atoms with Crippen molar-refractivity contribution >= 4 is 23.4 Å². The first kappa shape index (κ1) is 29.4. The van der Waals surface area contributed by atoms with Gasteiger partial charge in [-0.05, 0) is 61.1 Å². The average molecular weight is 567 g/mol. The van der Waals surface area contributed by atoms with Gasteiger partial charge in [-0.15, -0.1) is 0 Å². The van der Waals surface area contributed by atoms with Crippen molar-refractivity contribution in [3.63, 3.8) is 0 Å². The number of unbranched alkanes of at least 4 members (excludes halogenated alkanes) is 2. The molecule has 5 rings (SSSR count). The predicted octanol–water partition coefficient (Wildman–Crippen LogP) is 5.36. The van der Waals surface area contributed by atoms with Gasteiger partial charge in [0.1, 0.15) is 12.1 Å². The molecule has 7 heteroatoms. The third-order valence-corrected chi connectivity index (χ3v) is 8.74. The number of hydrogen-bond donors (Lipinski definition) is 0. The Morgan fingerprint density at radius 1 is 0.833 bits per heavy atom. The highest BCUT2D eigenvalue weighted by atomic mass is 16.2. The molecule has 0 N–H and O–H groups in total. The number of amides is 3. The standard InChI is InChI=1S/C35H42N4O3/c1-3-4-7-12-28-17-19-30(20-18-28)33(41)37-23-21-35(22-24-37)34(42)38(27-39(35)31-15-10-6-11-16-31)26-32(40)36(2)25-29-13-8-5-9-14-29/h5-6,8-11,13-20H,3-4,7,12,21-27H2,1-2H3. The number of likely N-dealkylation sites (tertiary alicyclic amines) is 1. The minimum absolute atomic E-state index is 0.0104. The maximum Gasteiger partial charge on any atom is 0.253 e. The molecule has 42 heavy (non-hydrogen) atoms. The summed E-state index contributed by atoms with van der Waals surface area (Å²) in [6.45, 7) is 4.04. The highest BCUT2D eigenvalue weighted by Gasteiger charge is 2.54. The highest BCUT2D eigenvalue weighted by Crippen LogP contribution is 2.39. The molecule has 0 aliphatic carbocycles. The number of carbonyl (C=O) groups is 3. The average Bonchev–Trinajstić information content (AvgIpc) is 3.28. The second kappa shape index (κ2) is 13.2. The number of anilines is 1. The summed E-state index contributed by atoms with van der Waals surface area (Å²) in [4.78, 5) is 48.1. The number of para-hydroxylation sites is 1. The maximum atomic E-state index is 14.1. The zero-order valence-corrected chi connectivity index (χ0v) is 24.9. The van der Waals surface area contributed by atoms with E-state index in [2.05, 4.69) is 24.0 Å². The lowest BCUT2D eigenvalue weighted by Gasteiger charge is -2.43.